The zero-order valence-corrected chi connectivity index (χ0v) is 11.6. The summed E-state index contributed by atoms with van der Waals surface area (Å²) in [5.74, 6) is 0.324. The Bertz CT molecular complexity index is 635. The molecule has 1 aliphatic heterocycles. The lowest BCUT2D eigenvalue weighted by atomic mass is 10.4. The highest BCUT2D eigenvalue weighted by atomic mass is 79.9. The van der Waals surface area contributed by atoms with Gasteiger partial charge in [0.1, 0.15) is 10.1 Å². The molecule has 100 valence electrons. The Morgan fingerprint density at radius 3 is 2.89 bits per heavy atom. The van der Waals surface area contributed by atoms with E-state index in [1.807, 2.05) is 0 Å². The van der Waals surface area contributed by atoms with Gasteiger partial charge in [0.05, 0.1) is 0 Å². The number of nitrogens with two attached hydrogens (primary N) is 1. The van der Waals surface area contributed by atoms with Crippen molar-refractivity contribution < 1.29 is 9.53 Å². The molecule has 1 fully saturated rings. The summed E-state index contributed by atoms with van der Waals surface area (Å²) in [4.78, 5) is 21.7. The van der Waals surface area contributed by atoms with Crippen molar-refractivity contribution >= 4 is 33.4 Å². The van der Waals surface area contributed by atoms with Crippen LogP contribution in [-0.4, -0.2) is 38.5 Å². The Morgan fingerprint density at radius 2 is 2.16 bits per heavy atom. The fourth-order valence-corrected chi connectivity index (χ4v) is 2.65. The van der Waals surface area contributed by atoms with Gasteiger partial charge in [0.2, 0.25) is 0 Å². The van der Waals surface area contributed by atoms with Gasteiger partial charge in [-0.05, 0) is 28.8 Å². The zero-order chi connectivity index (χ0) is 13.4. The second-order valence-corrected chi connectivity index (χ2v) is 5.03. The normalized spacial score (nSPS) is 15.1. The van der Waals surface area contributed by atoms with Crippen LogP contribution in [0.3, 0.4) is 0 Å². The molecule has 0 aromatic carbocycles. The van der Waals surface area contributed by atoms with E-state index in [-0.39, 0.29) is 12.1 Å². The molecule has 19 heavy (non-hydrogen) atoms. The molecule has 0 bridgehead atoms. The predicted octanol–water partition coefficient (Wildman–Crippen LogP) is 1.67. The zero-order valence-electron chi connectivity index (χ0n) is 10.0. The minimum absolute atomic E-state index is 0.188. The number of carbonyl (C=O) groups excluding carboxylic acids is 1. The van der Waals surface area contributed by atoms with Gasteiger partial charge in [0, 0.05) is 25.5 Å². The molecule has 0 atom stereocenters. The van der Waals surface area contributed by atoms with Crippen molar-refractivity contribution in [1.29, 1.82) is 0 Å². The molecule has 8 heteroatoms. The lowest BCUT2D eigenvalue weighted by Gasteiger charge is -2.13. The largest absolute Gasteiger partial charge is 0.417 e. The quantitative estimate of drug-likeness (QED) is 0.861. The van der Waals surface area contributed by atoms with Crippen LogP contribution < -0.4 is 10.5 Å². The molecule has 0 unspecified atom stereocenters. The highest BCUT2D eigenvalue weighted by Gasteiger charge is 2.22. The Labute approximate surface area is 117 Å². The van der Waals surface area contributed by atoms with E-state index < -0.39 is 0 Å². The smallest absolute Gasteiger partial charge is 0.382 e. The number of halogens is 1. The van der Waals surface area contributed by atoms with Crippen LogP contribution in [0.1, 0.15) is 12.8 Å². The number of amides is 1. The second kappa shape index (κ2) is 4.69. The maximum Gasteiger partial charge on any atom is 0.417 e. The van der Waals surface area contributed by atoms with Crippen LogP contribution in [0, 0.1) is 0 Å². The summed E-state index contributed by atoms with van der Waals surface area (Å²) in [7, 11) is 0. The summed E-state index contributed by atoms with van der Waals surface area (Å²) in [6.07, 6.45) is 4.82. The minimum atomic E-state index is -0.382. The van der Waals surface area contributed by atoms with Crippen molar-refractivity contribution in [2.75, 3.05) is 18.8 Å². The second-order valence-electron chi connectivity index (χ2n) is 4.28. The lowest BCUT2D eigenvalue weighted by Crippen LogP contribution is -2.31. The Morgan fingerprint density at radius 1 is 1.42 bits per heavy atom. The maximum absolute atomic E-state index is 11.9. The van der Waals surface area contributed by atoms with E-state index in [2.05, 4.69) is 25.9 Å². The van der Waals surface area contributed by atoms with Crippen LogP contribution >= 0.6 is 15.9 Å². The number of aromatic nitrogens is 3. The van der Waals surface area contributed by atoms with Gasteiger partial charge in [0.25, 0.3) is 0 Å². The molecule has 1 aliphatic rings. The third-order valence-corrected chi connectivity index (χ3v) is 3.60. The van der Waals surface area contributed by atoms with E-state index in [9.17, 15) is 4.79 Å². The van der Waals surface area contributed by atoms with Crippen molar-refractivity contribution in [1.82, 2.24) is 19.3 Å². The molecule has 2 aromatic heterocycles. The fraction of sp³-hybridized carbons (Fsp3) is 0.364. The number of hydrogen-bond acceptors (Lipinski definition) is 5. The average Bonchev–Trinajstić information content (AvgIpc) is 2.99. The minimum Gasteiger partial charge on any atom is -0.382 e. The SMILES string of the molecule is Nc1nccn2c(OC(=O)N3CCCC3)nc(Br)c12. The van der Waals surface area contributed by atoms with Gasteiger partial charge in [-0.25, -0.2) is 9.78 Å². The predicted molar refractivity (Wildman–Crippen MR) is 71.9 cm³/mol. The highest BCUT2D eigenvalue weighted by Crippen LogP contribution is 2.26. The van der Waals surface area contributed by atoms with Crippen molar-refractivity contribution in [3.63, 3.8) is 0 Å². The summed E-state index contributed by atoms with van der Waals surface area (Å²) < 4.78 is 7.41. The molecule has 0 spiro atoms. The first-order valence-corrected chi connectivity index (χ1v) is 6.71. The number of imidazole rings is 1. The molecule has 0 aliphatic carbocycles. The first-order valence-electron chi connectivity index (χ1n) is 5.91. The first-order chi connectivity index (χ1) is 9.16. The number of nitrogen functional groups attached to an aromatic ring is 1. The summed E-state index contributed by atoms with van der Waals surface area (Å²) in [6.45, 7) is 1.46. The van der Waals surface area contributed by atoms with Crippen molar-refractivity contribution in [3.8, 4) is 6.01 Å². The topological polar surface area (TPSA) is 85.8 Å². The maximum atomic E-state index is 11.9. The molecule has 1 saturated heterocycles. The number of likely N-dealkylation sites (tertiary alicyclic amines) is 1. The Hall–Kier alpha value is -1.83. The molecule has 3 rings (SSSR count). The lowest BCUT2D eigenvalue weighted by molar-refractivity contribution is 0.158. The number of fused-ring (bicyclic) bond motifs is 1. The molecular formula is C11H12BrN5O2. The number of ether oxygens (including phenoxy) is 1. The summed E-state index contributed by atoms with van der Waals surface area (Å²) in [5, 5.41) is 0. The number of rotatable bonds is 1. The Kier molecular flexibility index (Phi) is 3.02. The van der Waals surface area contributed by atoms with Crippen LogP contribution in [0.2, 0.25) is 0 Å². The number of anilines is 1. The summed E-state index contributed by atoms with van der Waals surface area (Å²) in [6, 6.07) is 0.188. The van der Waals surface area contributed by atoms with Gasteiger partial charge in [-0.3, -0.25) is 4.40 Å². The molecule has 0 radical (unpaired) electrons. The number of carbonyl (C=O) groups is 1. The van der Waals surface area contributed by atoms with Gasteiger partial charge in [-0.15, -0.1) is 0 Å². The van der Waals surface area contributed by atoms with Crippen LogP contribution in [0.4, 0.5) is 10.6 Å². The molecular weight excluding hydrogens is 314 g/mol. The van der Waals surface area contributed by atoms with Gasteiger partial charge in [-0.1, -0.05) is 0 Å². The van der Waals surface area contributed by atoms with E-state index in [1.165, 1.54) is 6.20 Å². The molecule has 1 amide bonds. The van der Waals surface area contributed by atoms with E-state index in [0.717, 1.165) is 25.9 Å². The van der Waals surface area contributed by atoms with Crippen molar-refractivity contribution in [2.24, 2.45) is 0 Å². The van der Waals surface area contributed by atoms with Crippen LogP contribution in [0.15, 0.2) is 17.0 Å². The number of hydrogen-bond donors (Lipinski definition) is 1. The molecule has 2 aromatic rings. The van der Waals surface area contributed by atoms with Gasteiger partial charge < -0.3 is 15.4 Å². The van der Waals surface area contributed by atoms with E-state index in [0.29, 0.717) is 15.9 Å². The standard InChI is InChI=1S/C11H12BrN5O2/c12-8-7-9(13)14-3-6-17(7)10(15-8)19-11(18)16-4-1-2-5-16/h3,6H,1-2,4-5H2,(H2,13,14). The van der Waals surface area contributed by atoms with Crippen molar-refractivity contribution in [3.05, 3.63) is 17.0 Å². The molecule has 3 heterocycles. The third-order valence-electron chi connectivity index (χ3n) is 3.05. The monoisotopic (exact) mass is 325 g/mol. The summed E-state index contributed by atoms with van der Waals surface area (Å²) >= 11 is 3.29. The third kappa shape index (κ3) is 2.12. The molecule has 7 nitrogen and oxygen atoms in total. The Balaban J connectivity index is 1.93. The van der Waals surface area contributed by atoms with Crippen LogP contribution in [0.5, 0.6) is 6.01 Å². The first kappa shape index (κ1) is 12.2. The number of nitrogens with zero attached hydrogens (tertiary/aromatic N) is 4. The molecule has 0 saturated carbocycles. The van der Waals surface area contributed by atoms with E-state index >= 15 is 0 Å². The van der Waals surface area contributed by atoms with Crippen molar-refractivity contribution in [2.45, 2.75) is 12.8 Å². The van der Waals surface area contributed by atoms with Crippen LogP contribution in [-0.2, 0) is 0 Å². The summed E-state index contributed by atoms with van der Waals surface area (Å²) in [5.41, 5.74) is 6.36. The highest BCUT2D eigenvalue weighted by molar-refractivity contribution is 9.10. The fourth-order valence-electron chi connectivity index (χ4n) is 2.11. The van der Waals surface area contributed by atoms with Gasteiger partial charge in [0.15, 0.2) is 5.82 Å². The van der Waals surface area contributed by atoms with E-state index in [1.54, 1.807) is 15.5 Å². The van der Waals surface area contributed by atoms with Gasteiger partial charge >= 0.3 is 12.1 Å². The average molecular weight is 326 g/mol. The van der Waals surface area contributed by atoms with Crippen LogP contribution in [0.25, 0.3) is 5.52 Å². The molecule has 2 N–H and O–H groups in total. The van der Waals surface area contributed by atoms with Gasteiger partial charge in [-0.2, -0.15) is 4.98 Å². The van der Waals surface area contributed by atoms with E-state index in [4.69, 9.17) is 10.5 Å².